The number of rotatable bonds is 7. The molecule has 0 bridgehead atoms. The molecule has 6 nitrogen and oxygen atoms in total. The molecule has 25 heavy (non-hydrogen) atoms. The Balaban J connectivity index is 1.81. The molecule has 0 aliphatic heterocycles. The third-order valence-electron chi connectivity index (χ3n) is 5.05. The van der Waals surface area contributed by atoms with Crippen LogP contribution in [0.3, 0.4) is 0 Å². The van der Waals surface area contributed by atoms with E-state index in [0.29, 0.717) is 29.3 Å². The minimum absolute atomic E-state index is 0.0199. The lowest BCUT2D eigenvalue weighted by atomic mass is 9.75. The van der Waals surface area contributed by atoms with Gasteiger partial charge in [0.25, 0.3) is 0 Å². The molecular formula is C19H29NO5. The van der Waals surface area contributed by atoms with Crippen LogP contribution in [0, 0.1) is 24.7 Å². The molecule has 3 unspecified atom stereocenters. The zero-order chi connectivity index (χ0) is 18.6. The van der Waals surface area contributed by atoms with Crippen LogP contribution >= 0.6 is 0 Å². The van der Waals surface area contributed by atoms with E-state index >= 15 is 0 Å². The van der Waals surface area contributed by atoms with Gasteiger partial charge in [-0.3, -0.25) is 4.79 Å². The van der Waals surface area contributed by atoms with Crippen molar-refractivity contribution in [3.05, 3.63) is 23.2 Å². The molecule has 0 spiro atoms. The first-order valence-electron chi connectivity index (χ1n) is 8.98. The molecule has 1 saturated carbocycles. The minimum Gasteiger partial charge on any atom is -0.478 e. The minimum atomic E-state index is -1.03. The number of carbonyl (C=O) groups excluding carboxylic acids is 1. The Bertz CT molecular complexity index is 607. The van der Waals surface area contributed by atoms with Crippen molar-refractivity contribution < 1.29 is 23.8 Å². The topological polar surface area (TPSA) is 88.8 Å². The van der Waals surface area contributed by atoms with Gasteiger partial charge in [0, 0.05) is 0 Å². The zero-order valence-electron chi connectivity index (χ0n) is 15.5. The lowest BCUT2D eigenvalue weighted by Crippen LogP contribution is -2.37. The van der Waals surface area contributed by atoms with Crippen LogP contribution in [-0.2, 0) is 16.1 Å². The Morgan fingerprint density at radius 3 is 2.72 bits per heavy atom. The van der Waals surface area contributed by atoms with Crippen LogP contribution in [0.5, 0.6) is 0 Å². The van der Waals surface area contributed by atoms with Crippen molar-refractivity contribution in [3.8, 4) is 0 Å². The third kappa shape index (κ3) is 5.33. The fourth-order valence-electron chi connectivity index (χ4n) is 3.57. The van der Waals surface area contributed by atoms with E-state index < -0.39 is 5.97 Å². The fourth-order valence-corrected chi connectivity index (χ4v) is 3.57. The van der Waals surface area contributed by atoms with Crippen molar-refractivity contribution in [3.63, 3.8) is 0 Å². The van der Waals surface area contributed by atoms with E-state index in [1.807, 2.05) is 0 Å². The first-order chi connectivity index (χ1) is 11.8. The van der Waals surface area contributed by atoms with Gasteiger partial charge in [0.1, 0.15) is 23.7 Å². The number of nitrogens with one attached hydrogen (secondary N) is 1. The van der Waals surface area contributed by atoms with E-state index in [2.05, 4.69) is 26.1 Å². The maximum Gasteiger partial charge on any atom is 0.339 e. The Morgan fingerprint density at radius 2 is 2.12 bits per heavy atom. The number of ether oxygens (including phenoxy) is 1. The average Bonchev–Trinajstić information content (AvgIpc) is 2.92. The second kappa shape index (κ2) is 8.52. The Hall–Kier alpha value is -1.82. The summed E-state index contributed by atoms with van der Waals surface area (Å²) < 4.78 is 11.3. The van der Waals surface area contributed by atoms with Gasteiger partial charge in [-0.25, -0.2) is 4.79 Å². The predicted molar refractivity (Wildman–Crippen MR) is 93.3 cm³/mol. The quantitative estimate of drug-likeness (QED) is 0.786. The number of aromatic carboxylic acids is 1. The van der Waals surface area contributed by atoms with Crippen LogP contribution in [0.15, 0.2) is 10.5 Å². The van der Waals surface area contributed by atoms with E-state index in [1.165, 1.54) is 12.5 Å². The predicted octanol–water partition coefficient (Wildman–Crippen LogP) is 3.38. The van der Waals surface area contributed by atoms with Crippen LogP contribution in [0.1, 0.15) is 61.9 Å². The summed E-state index contributed by atoms with van der Waals surface area (Å²) in [6, 6.07) is 1.44. The molecule has 140 valence electrons. The largest absolute Gasteiger partial charge is 0.478 e. The molecule has 0 saturated heterocycles. The zero-order valence-corrected chi connectivity index (χ0v) is 15.5. The number of amides is 1. The normalized spacial score (nSPS) is 23.6. The molecule has 1 fully saturated rings. The molecule has 1 heterocycles. The van der Waals surface area contributed by atoms with Crippen molar-refractivity contribution in [1.29, 1.82) is 0 Å². The van der Waals surface area contributed by atoms with Crippen LogP contribution in [-0.4, -0.2) is 29.7 Å². The van der Waals surface area contributed by atoms with Crippen LogP contribution in [0.25, 0.3) is 0 Å². The van der Waals surface area contributed by atoms with Crippen molar-refractivity contribution in [2.45, 2.75) is 59.6 Å². The first-order valence-corrected chi connectivity index (χ1v) is 8.98. The van der Waals surface area contributed by atoms with E-state index in [0.717, 1.165) is 12.8 Å². The number of hydrogen-bond donors (Lipinski definition) is 2. The molecule has 2 rings (SSSR count). The standard InChI is InChI=1S/C19H29NO5/c1-11(2)15-6-5-12(3)7-17(15)24-10-18(21)20-9-14-8-16(19(22)23)13(4)25-14/h8,11-12,15,17H,5-7,9-10H2,1-4H3,(H,20,21)(H,22,23). The lowest BCUT2D eigenvalue weighted by molar-refractivity contribution is -0.131. The smallest absolute Gasteiger partial charge is 0.339 e. The van der Waals surface area contributed by atoms with Crippen LogP contribution in [0.4, 0.5) is 0 Å². The fraction of sp³-hybridized carbons (Fsp3) is 0.684. The van der Waals surface area contributed by atoms with Crippen molar-refractivity contribution in [1.82, 2.24) is 5.32 Å². The summed E-state index contributed by atoms with van der Waals surface area (Å²) in [4.78, 5) is 23.0. The van der Waals surface area contributed by atoms with Crippen molar-refractivity contribution in [2.75, 3.05) is 6.61 Å². The molecule has 1 aliphatic carbocycles. The lowest BCUT2D eigenvalue weighted by Gasteiger charge is -2.37. The van der Waals surface area contributed by atoms with Gasteiger partial charge in [0.15, 0.2) is 0 Å². The average molecular weight is 351 g/mol. The van der Waals surface area contributed by atoms with Gasteiger partial charge < -0.3 is 19.6 Å². The van der Waals surface area contributed by atoms with E-state index in [9.17, 15) is 9.59 Å². The highest BCUT2D eigenvalue weighted by atomic mass is 16.5. The second-order valence-electron chi connectivity index (χ2n) is 7.44. The summed E-state index contributed by atoms with van der Waals surface area (Å²) in [5.41, 5.74) is 0.122. The van der Waals surface area contributed by atoms with E-state index in [-0.39, 0.29) is 30.7 Å². The van der Waals surface area contributed by atoms with Crippen LogP contribution < -0.4 is 5.32 Å². The van der Waals surface area contributed by atoms with Crippen molar-refractivity contribution >= 4 is 11.9 Å². The number of carbonyl (C=O) groups is 2. The number of hydrogen-bond acceptors (Lipinski definition) is 4. The third-order valence-corrected chi connectivity index (χ3v) is 5.05. The highest BCUT2D eigenvalue weighted by Crippen LogP contribution is 2.35. The maximum absolute atomic E-state index is 12.0. The number of carboxylic acid groups (broad SMARTS) is 1. The summed E-state index contributed by atoms with van der Waals surface area (Å²) in [5, 5.41) is 11.7. The van der Waals surface area contributed by atoms with E-state index in [4.69, 9.17) is 14.3 Å². The number of aryl methyl sites for hydroxylation is 1. The Kier molecular flexibility index (Phi) is 6.64. The molecule has 6 heteroatoms. The molecule has 1 amide bonds. The maximum atomic E-state index is 12.0. The number of carboxylic acids is 1. The highest BCUT2D eigenvalue weighted by molar-refractivity contribution is 5.88. The number of furan rings is 1. The molecule has 1 aliphatic rings. The Morgan fingerprint density at radius 1 is 1.40 bits per heavy atom. The van der Waals surface area contributed by atoms with Gasteiger partial charge in [-0.2, -0.15) is 0 Å². The SMILES string of the molecule is Cc1oc(CNC(=O)COC2CC(C)CCC2C(C)C)cc1C(=O)O. The summed E-state index contributed by atoms with van der Waals surface area (Å²) in [6.45, 7) is 8.41. The summed E-state index contributed by atoms with van der Waals surface area (Å²) >= 11 is 0. The van der Waals surface area contributed by atoms with Gasteiger partial charge in [0.05, 0.1) is 12.6 Å². The van der Waals surface area contributed by atoms with Crippen molar-refractivity contribution in [2.24, 2.45) is 17.8 Å². The highest BCUT2D eigenvalue weighted by Gasteiger charge is 2.31. The second-order valence-corrected chi connectivity index (χ2v) is 7.44. The summed E-state index contributed by atoms with van der Waals surface area (Å²) in [5.74, 6) is 1.18. The summed E-state index contributed by atoms with van der Waals surface area (Å²) in [7, 11) is 0. The summed E-state index contributed by atoms with van der Waals surface area (Å²) in [6.07, 6.45) is 3.49. The van der Waals surface area contributed by atoms with Gasteiger partial charge in [-0.05, 0) is 43.6 Å². The molecule has 1 aromatic heterocycles. The molecule has 1 aromatic rings. The van der Waals surface area contributed by atoms with Gasteiger partial charge in [-0.1, -0.05) is 27.2 Å². The van der Waals surface area contributed by atoms with E-state index in [1.54, 1.807) is 6.92 Å². The Labute approximate surface area is 148 Å². The van der Waals surface area contributed by atoms with Gasteiger partial charge >= 0.3 is 5.97 Å². The van der Waals surface area contributed by atoms with Crippen LogP contribution in [0.2, 0.25) is 0 Å². The molecule has 0 aromatic carbocycles. The first kappa shape index (κ1) is 19.5. The molecule has 0 radical (unpaired) electrons. The van der Waals surface area contributed by atoms with Gasteiger partial charge in [-0.15, -0.1) is 0 Å². The molecule has 2 N–H and O–H groups in total. The van der Waals surface area contributed by atoms with Gasteiger partial charge in [0.2, 0.25) is 5.91 Å². The molecular weight excluding hydrogens is 322 g/mol. The monoisotopic (exact) mass is 351 g/mol. The molecule has 3 atom stereocenters.